The summed E-state index contributed by atoms with van der Waals surface area (Å²) in [6.07, 6.45) is 0.749. The van der Waals surface area contributed by atoms with E-state index in [9.17, 15) is 0 Å². The summed E-state index contributed by atoms with van der Waals surface area (Å²) >= 11 is 21.7. The predicted octanol–water partition coefficient (Wildman–Crippen LogP) is 6.28. The normalized spacial score (nSPS) is 12.4. The molecule has 94 valence electrons. The van der Waals surface area contributed by atoms with Crippen LogP contribution >= 0.6 is 50.7 Å². The van der Waals surface area contributed by atoms with E-state index in [4.69, 9.17) is 34.8 Å². The van der Waals surface area contributed by atoms with Gasteiger partial charge in [-0.3, -0.25) is 0 Å². The lowest BCUT2D eigenvalue weighted by molar-refractivity contribution is 0.915. The summed E-state index contributed by atoms with van der Waals surface area (Å²) in [5.74, 6) is 0. The van der Waals surface area contributed by atoms with Crippen LogP contribution in [-0.2, 0) is 6.42 Å². The van der Waals surface area contributed by atoms with Gasteiger partial charge in [-0.1, -0.05) is 57.3 Å². The maximum atomic E-state index is 6.43. The molecule has 0 bridgehead atoms. The van der Waals surface area contributed by atoms with Crippen molar-refractivity contribution in [3.63, 3.8) is 0 Å². The number of hydrogen-bond acceptors (Lipinski definition) is 0. The molecule has 0 fully saturated rings. The van der Waals surface area contributed by atoms with Crippen LogP contribution in [0.5, 0.6) is 0 Å². The largest absolute Gasteiger partial charge is 0.117 e. The molecule has 0 saturated carbocycles. The van der Waals surface area contributed by atoms with Gasteiger partial charge in [0.1, 0.15) is 0 Å². The van der Waals surface area contributed by atoms with Crippen LogP contribution in [0.4, 0.5) is 0 Å². The molecule has 2 aromatic carbocycles. The molecule has 0 spiro atoms. The molecular formula is C14H10BrCl3. The van der Waals surface area contributed by atoms with Crippen LogP contribution < -0.4 is 0 Å². The van der Waals surface area contributed by atoms with Crippen molar-refractivity contribution in [2.45, 2.75) is 11.8 Å². The van der Waals surface area contributed by atoms with E-state index in [0.29, 0.717) is 5.02 Å². The molecule has 0 aliphatic heterocycles. The Morgan fingerprint density at radius 3 is 2.17 bits per heavy atom. The Morgan fingerprint density at radius 2 is 1.56 bits per heavy atom. The summed E-state index contributed by atoms with van der Waals surface area (Å²) < 4.78 is 0.934. The van der Waals surface area contributed by atoms with Crippen molar-refractivity contribution in [3.05, 3.63) is 68.1 Å². The highest BCUT2D eigenvalue weighted by Gasteiger charge is 2.12. The maximum absolute atomic E-state index is 6.43. The third-order valence-corrected chi connectivity index (χ3v) is 4.19. The minimum Gasteiger partial charge on any atom is -0.117 e. The van der Waals surface area contributed by atoms with Gasteiger partial charge in [-0.15, -0.1) is 11.6 Å². The fourth-order valence-electron chi connectivity index (χ4n) is 1.69. The van der Waals surface area contributed by atoms with Gasteiger partial charge in [0.2, 0.25) is 0 Å². The van der Waals surface area contributed by atoms with Crippen molar-refractivity contribution in [3.8, 4) is 0 Å². The van der Waals surface area contributed by atoms with Gasteiger partial charge in [0.25, 0.3) is 0 Å². The van der Waals surface area contributed by atoms with Crippen molar-refractivity contribution in [2.75, 3.05) is 0 Å². The van der Waals surface area contributed by atoms with E-state index >= 15 is 0 Å². The molecule has 1 atom stereocenters. The second kappa shape index (κ2) is 6.29. The van der Waals surface area contributed by atoms with Gasteiger partial charge in [0, 0.05) is 14.5 Å². The lowest BCUT2D eigenvalue weighted by Crippen LogP contribution is -1.97. The fourth-order valence-corrected chi connectivity index (χ4v) is 3.28. The third kappa shape index (κ3) is 3.64. The van der Waals surface area contributed by atoms with Crippen LogP contribution in [0.15, 0.2) is 46.9 Å². The lowest BCUT2D eigenvalue weighted by Gasteiger charge is -2.12. The second-order valence-corrected chi connectivity index (χ2v) is 6.22. The smallest absolute Gasteiger partial charge is 0.0636 e. The van der Waals surface area contributed by atoms with E-state index in [0.717, 1.165) is 27.0 Å². The number of alkyl halides is 1. The number of hydrogen-bond donors (Lipinski definition) is 0. The van der Waals surface area contributed by atoms with Crippen molar-refractivity contribution < 1.29 is 0 Å². The molecule has 0 radical (unpaired) electrons. The van der Waals surface area contributed by atoms with Gasteiger partial charge < -0.3 is 0 Å². The number of rotatable bonds is 3. The fraction of sp³-hybridized carbons (Fsp3) is 0.143. The van der Waals surface area contributed by atoms with E-state index in [1.54, 1.807) is 0 Å². The van der Waals surface area contributed by atoms with Crippen molar-refractivity contribution in [1.29, 1.82) is 0 Å². The monoisotopic (exact) mass is 362 g/mol. The molecule has 18 heavy (non-hydrogen) atoms. The molecule has 0 nitrogen and oxygen atoms in total. The first kappa shape index (κ1) is 14.2. The zero-order valence-electron chi connectivity index (χ0n) is 9.34. The van der Waals surface area contributed by atoms with Gasteiger partial charge in [-0.2, -0.15) is 0 Å². The average Bonchev–Trinajstić information content (AvgIpc) is 2.32. The quantitative estimate of drug-likeness (QED) is 0.562. The Labute approximate surface area is 130 Å². The summed E-state index contributed by atoms with van der Waals surface area (Å²) in [6.45, 7) is 0. The Bertz CT molecular complexity index is 537. The van der Waals surface area contributed by atoms with Crippen molar-refractivity contribution >= 4 is 50.7 Å². The summed E-state index contributed by atoms with van der Waals surface area (Å²) in [6, 6.07) is 13.4. The van der Waals surface area contributed by atoms with E-state index < -0.39 is 0 Å². The summed E-state index contributed by atoms with van der Waals surface area (Å²) in [7, 11) is 0. The Kier molecular flexibility index (Phi) is 4.97. The van der Waals surface area contributed by atoms with Crippen LogP contribution in [-0.4, -0.2) is 0 Å². The third-order valence-electron chi connectivity index (χ3n) is 2.63. The van der Waals surface area contributed by atoms with Gasteiger partial charge >= 0.3 is 0 Å². The maximum Gasteiger partial charge on any atom is 0.0636 e. The molecule has 0 aliphatic rings. The van der Waals surface area contributed by atoms with Crippen molar-refractivity contribution in [2.24, 2.45) is 0 Å². The zero-order valence-corrected chi connectivity index (χ0v) is 13.2. The first-order valence-electron chi connectivity index (χ1n) is 5.40. The van der Waals surface area contributed by atoms with Gasteiger partial charge in [-0.25, -0.2) is 0 Å². The van der Waals surface area contributed by atoms with Crippen LogP contribution in [0.2, 0.25) is 10.0 Å². The highest BCUT2D eigenvalue weighted by atomic mass is 79.9. The van der Waals surface area contributed by atoms with E-state index in [1.807, 2.05) is 42.5 Å². The molecule has 0 saturated heterocycles. The summed E-state index contributed by atoms with van der Waals surface area (Å²) in [5.41, 5.74) is 2.19. The molecule has 1 unspecified atom stereocenters. The second-order valence-electron chi connectivity index (χ2n) is 3.96. The zero-order chi connectivity index (χ0) is 13.1. The number of halogens is 4. The Hall–Kier alpha value is -0.210. The highest BCUT2D eigenvalue weighted by molar-refractivity contribution is 9.10. The molecular weight excluding hydrogens is 354 g/mol. The van der Waals surface area contributed by atoms with Gasteiger partial charge in [-0.05, 0) is 41.8 Å². The molecule has 4 heteroatoms. The number of benzene rings is 2. The SMILES string of the molecule is Clc1ccc(CC(Cl)c2ccc(Cl)cc2Br)cc1. The van der Waals surface area contributed by atoms with Gasteiger partial charge in [0.05, 0.1) is 5.38 Å². The molecule has 0 N–H and O–H groups in total. The van der Waals surface area contributed by atoms with E-state index in [1.165, 1.54) is 0 Å². The van der Waals surface area contributed by atoms with Crippen LogP contribution in [0.1, 0.15) is 16.5 Å². The minimum absolute atomic E-state index is 0.0992. The Morgan fingerprint density at radius 1 is 0.944 bits per heavy atom. The van der Waals surface area contributed by atoms with Crippen LogP contribution in [0.25, 0.3) is 0 Å². The Balaban J connectivity index is 2.16. The van der Waals surface area contributed by atoms with Crippen LogP contribution in [0.3, 0.4) is 0 Å². The molecule has 2 aromatic rings. The first-order valence-corrected chi connectivity index (χ1v) is 7.38. The van der Waals surface area contributed by atoms with E-state index in [-0.39, 0.29) is 5.38 Å². The van der Waals surface area contributed by atoms with Crippen LogP contribution in [0, 0.1) is 0 Å². The van der Waals surface area contributed by atoms with Gasteiger partial charge in [0.15, 0.2) is 0 Å². The highest BCUT2D eigenvalue weighted by Crippen LogP contribution is 2.32. The molecule has 2 rings (SSSR count). The van der Waals surface area contributed by atoms with Crippen molar-refractivity contribution in [1.82, 2.24) is 0 Å². The molecule has 0 aromatic heterocycles. The topological polar surface area (TPSA) is 0 Å². The summed E-state index contributed by atoms with van der Waals surface area (Å²) in [4.78, 5) is 0. The summed E-state index contributed by atoms with van der Waals surface area (Å²) in [5, 5.41) is 1.33. The van der Waals surface area contributed by atoms with E-state index in [2.05, 4.69) is 15.9 Å². The molecule has 0 aliphatic carbocycles. The lowest BCUT2D eigenvalue weighted by atomic mass is 10.0. The minimum atomic E-state index is -0.0992. The molecule has 0 amide bonds. The predicted molar refractivity (Wildman–Crippen MR) is 82.9 cm³/mol. The molecule has 0 heterocycles. The first-order chi connectivity index (χ1) is 8.56. The standard InChI is InChI=1S/C14H10BrCl3/c15-13-8-11(17)5-6-12(13)14(18)7-9-1-3-10(16)4-2-9/h1-6,8,14H,7H2. The average molecular weight is 364 g/mol.